The molecule has 0 aromatic carbocycles. The van der Waals surface area contributed by atoms with E-state index in [2.05, 4.69) is 29.1 Å². The first-order valence-electron chi connectivity index (χ1n) is 6.33. The maximum atomic E-state index is 10.9. The third kappa shape index (κ3) is 4.98. The first-order chi connectivity index (χ1) is 8.91. The number of hydrogen-bond acceptors (Lipinski definition) is 5. The van der Waals surface area contributed by atoms with Crippen molar-refractivity contribution in [2.45, 2.75) is 46.1 Å². The highest BCUT2D eigenvalue weighted by Gasteiger charge is 2.22. The molecule has 0 aliphatic rings. The van der Waals surface area contributed by atoms with Crippen molar-refractivity contribution in [1.82, 2.24) is 9.97 Å². The molecule has 1 aromatic heterocycles. The Morgan fingerprint density at radius 2 is 2.05 bits per heavy atom. The summed E-state index contributed by atoms with van der Waals surface area (Å²) >= 11 is 5.72. The molecule has 1 heterocycles. The number of aromatic nitrogens is 2. The Hall–Kier alpha value is -1.43. The van der Waals surface area contributed by atoms with Gasteiger partial charge in [-0.05, 0) is 19.3 Å². The van der Waals surface area contributed by atoms with Gasteiger partial charge < -0.3 is 5.32 Å². The molecule has 0 bridgehead atoms. The average molecular weight is 287 g/mol. The largest absolute Gasteiger partial charge is 0.362 e. The molecule has 1 rings (SSSR count). The van der Waals surface area contributed by atoms with Crippen molar-refractivity contribution in [3.05, 3.63) is 21.6 Å². The molecule has 0 amide bonds. The monoisotopic (exact) mass is 286 g/mol. The highest BCUT2D eigenvalue weighted by molar-refractivity contribution is 6.31. The van der Waals surface area contributed by atoms with Crippen LogP contribution in [0.3, 0.4) is 0 Å². The molecule has 19 heavy (non-hydrogen) atoms. The Labute approximate surface area is 117 Å². The van der Waals surface area contributed by atoms with E-state index in [1.54, 1.807) is 0 Å². The Bertz CT molecular complexity index is 440. The Kier molecular flexibility index (Phi) is 5.95. The second-order valence-electron chi connectivity index (χ2n) is 4.99. The fourth-order valence-corrected chi connectivity index (χ4v) is 1.96. The van der Waals surface area contributed by atoms with Crippen molar-refractivity contribution < 1.29 is 4.92 Å². The quantitative estimate of drug-likeness (QED) is 0.470. The molecule has 7 heteroatoms. The summed E-state index contributed by atoms with van der Waals surface area (Å²) in [6.45, 7) is 6.32. The molecule has 1 atom stereocenters. The first kappa shape index (κ1) is 15.6. The Balaban J connectivity index is 2.66. The summed E-state index contributed by atoms with van der Waals surface area (Å²) in [7, 11) is 0. The molecule has 1 unspecified atom stereocenters. The molecule has 0 aliphatic heterocycles. The predicted octanol–water partition coefficient (Wildman–Crippen LogP) is 3.66. The van der Waals surface area contributed by atoms with Crippen molar-refractivity contribution in [3.8, 4) is 0 Å². The fraction of sp³-hybridized carbons (Fsp3) is 0.667. The van der Waals surface area contributed by atoms with Gasteiger partial charge >= 0.3 is 5.69 Å². The van der Waals surface area contributed by atoms with Gasteiger partial charge in [0.2, 0.25) is 11.0 Å². The number of hydrogen-bond donors (Lipinski definition) is 1. The van der Waals surface area contributed by atoms with E-state index in [4.69, 9.17) is 11.6 Å². The van der Waals surface area contributed by atoms with Gasteiger partial charge in [-0.15, -0.1) is 0 Å². The number of rotatable bonds is 7. The van der Waals surface area contributed by atoms with Gasteiger partial charge in [-0.3, -0.25) is 10.1 Å². The van der Waals surface area contributed by atoms with Crippen molar-refractivity contribution in [1.29, 1.82) is 0 Å². The number of halogens is 1. The van der Waals surface area contributed by atoms with E-state index >= 15 is 0 Å². The summed E-state index contributed by atoms with van der Waals surface area (Å²) in [6.07, 6.45) is 4.35. The van der Waals surface area contributed by atoms with Crippen molar-refractivity contribution in [3.63, 3.8) is 0 Å². The summed E-state index contributed by atoms with van der Waals surface area (Å²) < 4.78 is 0. The van der Waals surface area contributed by atoms with Gasteiger partial charge in [-0.2, -0.15) is 0 Å². The number of nitrogens with zero attached hydrogens (tertiary/aromatic N) is 3. The zero-order valence-electron chi connectivity index (χ0n) is 11.4. The molecule has 0 spiro atoms. The van der Waals surface area contributed by atoms with Crippen LogP contribution in [0.15, 0.2) is 6.33 Å². The minimum Gasteiger partial charge on any atom is -0.362 e. The molecular formula is C12H19ClN4O2. The maximum absolute atomic E-state index is 10.9. The van der Waals surface area contributed by atoms with Crippen molar-refractivity contribution in [2.75, 3.05) is 5.32 Å². The second-order valence-corrected chi connectivity index (χ2v) is 5.35. The summed E-state index contributed by atoms with van der Waals surface area (Å²) in [4.78, 5) is 17.9. The molecule has 6 nitrogen and oxygen atoms in total. The van der Waals surface area contributed by atoms with Gasteiger partial charge in [0.15, 0.2) is 0 Å². The summed E-state index contributed by atoms with van der Waals surface area (Å²) in [5, 5.41) is 13.8. The van der Waals surface area contributed by atoms with Gasteiger partial charge in [-0.1, -0.05) is 38.3 Å². The van der Waals surface area contributed by atoms with Crippen molar-refractivity contribution >= 4 is 23.1 Å². The van der Waals surface area contributed by atoms with Gasteiger partial charge in [0, 0.05) is 6.04 Å². The molecule has 106 valence electrons. The lowest BCUT2D eigenvalue weighted by Crippen LogP contribution is -2.17. The molecule has 0 saturated heterocycles. The predicted molar refractivity (Wildman–Crippen MR) is 75.5 cm³/mol. The van der Waals surface area contributed by atoms with E-state index in [1.807, 2.05) is 6.92 Å². The fourth-order valence-electron chi connectivity index (χ4n) is 1.76. The van der Waals surface area contributed by atoms with E-state index in [-0.39, 0.29) is 22.7 Å². The molecule has 1 aromatic rings. The van der Waals surface area contributed by atoms with Crippen molar-refractivity contribution in [2.24, 2.45) is 5.92 Å². The molecule has 1 N–H and O–H groups in total. The average Bonchev–Trinajstić information content (AvgIpc) is 2.27. The standard InChI is InChI=1S/C12H19ClN4O2/c1-8(2)5-4-6-9(3)16-12-10(17(18)19)11(13)14-7-15-12/h7-9H,4-6H2,1-3H3,(H,14,15,16). The van der Waals surface area contributed by atoms with E-state index < -0.39 is 4.92 Å². The van der Waals surface area contributed by atoms with Crippen LogP contribution in [0.2, 0.25) is 5.15 Å². The second kappa shape index (κ2) is 7.23. The minimum atomic E-state index is -0.564. The van der Waals surface area contributed by atoms with E-state index in [0.717, 1.165) is 19.3 Å². The molecule has 0 fully saturated rings. The topological polar surface area (TPSA) is 81.0 Å². The normalized spacial score (nSPS) is 12.5. The number of nitro groups is 1. The van der Waals surface area contributed by atoms with E-state index in [9.17, 15) is 10.1 Å². The highest BCUT2D eigenvalue weighted by atomic mass is 35.5. The minimum absolute atomic E-state index is 0.100. The van der Waals surface area contributed by atoms with Gasteiger partial charge in [0.1, 0.15) is 6.33 Å². The molecule has 0 saturated carbocycles. The Morgan fingerprint density at radius 3 is 2.63 bits per heavy atom. The number of nitrogens with one attached hydrogen (secondary N) is 1. The Morgan fingerprint density at radius 1 is 1.37 bits per heavy atom. The SMILES string of the molecule is CC(C)CCCC(C)Nc1ncnc(Cl)c1[N+](=O)[O-]. The molecule has 0 radical (unpaired) electrons. The van der Waals surface area contributed by atoms with Crippen LogP contribution < -0.4 is 5.32 Å². The van der Waals surface area contributed by atoms with Crippen LogP contribution in [0.1, 0.15) is 40.0 Å². The van der Waals surface area contributed by atoms with Crippen LogP contribution in [0.25, 0.3) is 0 Å². The maximum Gasteiger partial charge on any atom is 0.348 e. The summed E-state index contributed by atoms with van der Waals surface area (Å²) in [6, 6.07) is 0.100. The third-order valence-electron chi connectivity index (χ3n) is 2.76. The molecular weight excluding hydrogens is 268 g/mol. The van der Waals surface area contributed by atoms with Gasteiger partial charge in [-0.25, -0.2) is 9.97 Å². The van der Waals surface area contributed by atoms with E-state index in [1.165, 1.54) is 6.33 Å². The van der Waals surface area contributed by atoms with Gasteiger partial charge in [0.05, 0.1) is 4.92 Å². The lowest BCUT2D eigenvalue weighted by atomic mass is 10.0. The summed E-state index contributed by atoms with van der Waals surface area (Å²) in [5.41, 5.74) is -0.264. The number of anilines is 1. The van der Waals surface area contributed by atoms with E-state index in [0.29, 0.717) is 5.92 Å². The first-order valence-corrected chi connectivity index (χ1v) is 6.71. The van der Waals surface area contributed by atoms with Crippen LogP contribution in [-0.4, -0.2) is 20.9 Å². The lowest BCUT2D eigenvalue weighted by Gasteiger charge is -2.15. The van der Waals surface area contributed by atoms with Crippen LogP contribution in [0.4, 0.5) is 11.5 Å². The van der Waals surface area contributed by atoms with Crippen LogP contribution in [0.5, 0.6) is 0 Å². The van der Waals surface area contributed by atoms with Crippen LogP contribution in [-0.2, 0) is 0 Å². The summed E-state index contributed by atoms with van der Waals surface area (Å²) in [5.74, 6) is 0.845. The zero-order valence-corrected chi connectivity index (χ0v) is 12.1. The lowest BCUT2D eigenvalue weighted by molar-refractivity contribution is -0.384. The molecule has 0 aliphatic carbocycles. The van der Waals surface area contributed by atoms with Crippen LogP contribution >= 0.6 is 11.6 Å². The third-order valence-corrected chi connectivity index (χ3v) is 3.04. The van der Waals surface area contributed by atoms with Gasteiger partial charge in [0.25, 0.3) is 0 Å². The highest BCUT2D eigenvalue weighted by Crippen LogP contribution is 2.29. The zero-order chi connectivity index (χ0) is 14.4. The smallest absolute Gasteiger partial charge is 0.348 e. The van der Waals surface area contributed by atoms with Crippen LogP contribution in [0, 0.1) is 16.0 Å².